The van der Waals surface area contributed by atoms with Crippen molar-refractivity contribution in [1.82, 2.24) is 10.2 Å². The van der Waals surface area contributed by atoms with Crippen LogP contribution in [0.1, 0.15) is 30.6 Å². The van der Waals surface area contributed by atoms with Crippen molar-refractivity contribution in [3.05, 3.63) is 16.3 Å². The highest BCUT2D eigenvalue weighted by atomic mass is 32.1. The van der Waals surface area contributed by atoms with E-state index in [1.165, 1.54) is 51.9 Å². The fourth-order valence-electron chi connectivity index (χ4n) is 3.48. The predicted octanol–water partition coefficient (Wildman–Crippen LogP) is 2.42. The maximum atomic E-state index is 9.75. The first-order valence-corrected chi connectivity index (χ1v) is 7.84. The Morgan fingerprint density at radius 3 is 3.00 bits per heavy atom. The van der Waals surface area contributed by atoms with Crippen molar-refractivity contribution in [3.8, 4) is 5.75 Å². The summed E-state index contributed by atoms with van der Waals surface area (Å²) in [7, 11) is 0. The van der Waals surface area contributed by atoms with E-state index >= 15 is 0 Å². The first-order valence-electron chi connectivity index (χ1n) is 6.96. The number of hydrogen-bond donors (Lipinski definition) is 2. The van der Waals surface area contributed by atoms with Crippen molar-refractivity contribution in [3.63, 3.8) is 0 Å². The molecule has 2 aliphatic rings. The average Bonchev–Trinajstić information content (AvgIpc) is 2.76. The summed E-state index contributed by atoms with van der Waals surface area (Å²) in [5.74, 6) is 0.474. The molecule has 1 atom stereocenters. The van der Waals surface area contributed by atoms with Crippen molar-refractivity contribution in [2.24, 2.45) is 5.41 Å². The van der Waals surface area contributed by atoms with Gasteiger partial charge < -0.3 is 10.4 Å². The number of nitrogens with zero attached hydrogens (tertiary/aromatic N) is 1. The summed E-state index contributed by atoms with van der Waals surface area (Å²) in [4.78, 5) is 3.65. The van der Waals surface area contributed by atoms with Crippen LogP contribution in [0.3, 0.4) is 0 Å². The summed E-state index contributed by atoms with van der Waals surface area (Å²) in [5, 5.41) is 15.3. The average molecular weight is 266 g/mol. The minimum absolute atomic E-state index is 0.474. The molecule has 3 nitrogen and oxygen atoms in total. The molecule has 0 amide bonds. The van der Waals surface area contributed by atoms with Gasteiger partial charge in [-0.1, -0.05) is 0 Å². The zero-order valence-electron chi connectivity index (χ0n) is 10.8. The first-order chi connectivity index (χ1) is 8.77. The highest BCUT2D eigenvalue weighted by molar-refractivity contribution is 7.10. The maximum absolute atomic E-state index is 9.75. The fourth-order valence-corrected chi connectivity index (χ4v) is 4.29. The van der Waals surface area contributed by atoms with Gasteiger partial charge in [-0.2, -0.15) is 0 Å². The Labute approximate surface area is 113 Å². The largest absolute Gasteiger partial charge is 0.507 e. The second-order valence-corrected chi connectivity index (χ2v) is 6.82. The van der Waals surface area contributed by atoms with Crippen LogP contribution in [0.25, 0.3) is 0 Å². The SMILES string of the molecule is Oc1ccsc1CN1CCCC2(CCCNC2)C1. The second-order valence-electron chi connectivity index (χ2n) is 5.82. The molecule has 3 heterocycles. The first kappa shape index (κ1) is 12.5. The molecule has 2 fully saturated rings. The zero-order valence-corrected chi connectivity index (χ0v) is 11.6. The van der Waals surface area contributed by atoms with Gasteiger partial charge in [0.1, 0.15) is 5.75 Å². The van der Waals surface area contributed by atoms with Gasteiger partial charge in [-0.15, -0.1) is 11.3 Å². The van der Waals surface area contributed by atoms with Crippen LogP contribution in [-0.2, 0) is 6.54 Å². The van der Waals surface area contributed by atoms with E-state index in [0.29, 0.717) is 11.2 Å². The van der Waals surface area contributed by atoms with Crippen LogP contribution in [0.4, 0.5) is 0 Å². The van der Waals surface area contributed by atoms with E-state index in [-0.39, 0.29) is 0 Å². The molecule has 1 aromatic heterocycles. The quantitative estimate of drug-likeness (QED) is 0.863. The Kier molecular flexibility index (Phi) is 3.59. The Balaban J connectivity index is 1.65. The summed E-state index contributed by atoms with van der Waals surface area (Å²) >= 11 is 1.67. The molecule has 0 aromatic carbocycles. The van der Waals surface area contributed by atoms with E-state index < -0.39 is 0 Å². The molecule has 2 aliphatic heterocycles. The Bertz CT molecular complexity index is 393. The van der Waals surface area contributed by atoms with E-state index in [9.17, 15) is 5.11 Å². The summed E-state index contributed by atoms with van der Waals surface area (Å²) < 4.78 is 0. The second kappa shape index (κ2) is 5.19. The number of rotatable bonds is 2. The molecule has 2 N–H and O–H groups in total. The summed E-state index contributed by atoms with van der Waals surface area (Å²) in [6, 6.07) is 1.81. The standard InChI is InChI=1S/C14H22N2OS/c17-12-3-8-18-13(12)9-16-7-2-5-14(11-16)4-1-6-15-10-14/h3,8,15,17H,1-2,4-7,9-11H2. The molecule has 18 heavy (non-hydrogen) atoms. The van der Waals surface area contributed by atoms with Gasteiger partial charge in [0.05, 0.1) is 4.88 Å². The topological polar surface area (TPSA) is 35.5 Å². The van der Waals surface area contributed by atoms with Crippen LogP contribution < -0.4 is 5.32 Å². The summed E-state index contributed by atoms with van der Waals surface area (Å²) in [6.45, 7) is 5.66. The number of hydrogen-bond acceptors (Lipinski definition) is 4. The number of aromatic hydroxyl groups is 1. The van der Waals surface area contributed by atoms with Crippen LogP contribution in [0.5, 0.6) is 5.75 Å². The number of likely N-dealkylation sites (tertiary alicyclic amines) is 1. The third kappa shape index (κ3) is 2.56. The molecule has 0 bridgehead atoms. The molecule has 1 unspecified atom stereocenters. The van der Waals surface area contributed by atoms with Crippen molar-refractivity contribution in [2.45, 2.75) is 32.2 Å². The summed E-state index contributed by atoms with van der Waals surface area (Å²) in [5.41, 5.74) is 0.503. The minimum Gasteiger partial charge on any atom is -0.507 e. The van der Waals surface area contributed by atoms with Gasteiger partial charge in [0, 0.05) is 19.6 Å². The van der Waals surface area contributed by atoms with Crippen LogP contribution in [0.15, 0.2) is 11.4 Å². The molecule has 3 rings (SSSR count). The highest BCUT2D eigenvalue weighted by Gasteiger charge is 2.36. The molecule has 1 spiro atoms. The highest BCUT2D eigenvalue weighted by Crippen LogP contribution is 2.37. The van der Waals surface area contributed by atoms with Crippen molar-refractivity contribution >= 4 is 11.3 Å². The van der Waals surface area contributed by atoms with Crippen molar-refractivity contribution in [1.29, 1.82) is 0 Å². The lowest BCUT2D eigenvalue weighted by atomic mass is 9.74. The van der Waals surface area contributed by atoms with Crippen molar-refractivity contribution in [2.75, 3.05) is 26.2 Å². The number of thiophene rings is 1. The van der Waals surface area contributed by atoms with E-state index in [1.54, 1.807) is 11.3 Å². The molecule has 2 saturated heterocycles. The van der Waals surface area contributed by atoms with Gasteiger partial charge in [0.2, 0.25) is 0 Å². The molecular formula is C14H22N2OS. The van der Waals surface area contributed by atoms with Crippen LogP contribution in [0.2, 0.25) is 0 Å². The summed E-state index contributed by atoms with van der Waals surface area (Å²) in [6.07, 6.45) is 5.35. The van der Waals surface area contributed by atoms with Gasteiger partial charge in [0.25, 0.3) is 0 Å². The molecule has 0 aliphatic carbocycles. The lowest BCUT2D eigenvalue weighted by Gasteiger charge is -2.45. The molecule has 4 heteroatoms. The van der Waals surface area contributed by atoms with Gasteiger partial charge >= 0.3 is 0 Å². The van der Waals surface area contributed by atoms with Crippen LogP contribution in [0, 0.1) is 5.41 Å². The predicted molar refractivity (Wildman–Crippen MR) is 75.0 cm³/mol. The van der Waals surface area contributed by atoms with E-state index in [2.05, 4.69) is 10.2 Å². The van der Waals surface area contributed by atoms with Crippen LogP contribution in [-0.4, -0.2) is 36.2 Å². The third-order valence-electron chi connectivity index (χ3n) is 4.39. The molecule has 0 radical (unpaired) electrons. The van der Waals surface area contributed by atoms with E-state index in [1.807, 2.05) is 11.4 Å². The number of nitrogens with one attached hydrogen (secondary N) is 1. The molecule has 0 saturated carbocycles. The van der Waals surface area contributed by atoms with Gasteiger partial charge in [-0.05, 0) is 55.6 Å². The monoisotopic (exact) mass is 266 g/mol. The van der Waals surface area contributed by atoms with E-state index in [0.717, 1.165) is 11.4 Å². The lowest BCUT2D eigenvalue weighted by molar-refractivity contribution is 0.0603. The molecular weight excluding hydrogens is 244 g/mol. The maximum Gasteiger partial charge on any atom is 0.130 e. The minimum atomic E-state index is 0.474. The third-order valence-corrected chi connectivity index (χ3v) is 5.29. The smallest absolute Gasteiger partial charge is 0.130 e. The normalized spacial score (nSPS) is 29.8. The Hall–Kier alpha value is -0.580. The zero-order chi connectivity index (χ0) is 12.4. The Morgan fingerprint density at radius 2 is 2.28 bits per heavy atom. The number of piperidine rings is 2. The van der Waals surface area contributed by atoms with Gasteiger partial charge in [-0.3, -0.25) is 4.90 Å². The Morgan fingerprint density at radius 1 is 1.39 bits per heavy atom. The van der Waals surface area contributed by atoms with Crippen molar-refractivity contribution < 1.29 is 5.11 Å². The van der Waals surface area contributed by atoms with Crippen LogP contribution >= 0.6 is 11.3 Å². The lowest BCUT2D eigenvalue weighted by Crippen LogP contribution is -2.50. The molecule has 100 valence electrons. The van der Waals surface area contributed by atoms with E-state index in [4.69, 9.17) is 0 Å². The molecule has 1 aromatic rings. The van der Waals surface area contributed by atoms with Gasteiger partial charge in [-0.25, -0.2) is 0 Å². The fraction of sp³-hybridized carbons (Fsp3) is 0.714. The van der Waals surface area contributed by atoms with Gasteiger partial charge in [0.15, 0.2) is 0 Å².